The fraction of sp³-hybridized carbons (Fsp3) is 0.316. The van der Waals surface area contributed by atoms with Crippen molar-refractivity contribution < 1.29 is 14.3 Å². The molecule has 50 heavy (non-hydrogen) atoms. The molecule has 2 aromatic carbocycles. The minimum atomic E-state index is 0.102. The van der Waals surface area contributed by atoms with Crippen LogP contribution in [0.15, 0.2) is 67.0 Å². The number of nitrogens with zero attached hydrogens (tertiary/aromatic N) is 3. The molecule has 0 bridgehead atoms. The largest absolute Gasteiger partial charge is 0.481 e. The number of rotatable bonds is 12. The first-order valence-electron chi connectivity index (χ1n) is 16.8. The Hall–Kier alpha value is -4.48. The van der Waals surface area contributed by atoms with Gasteiger partial charge < -0.3 is 30.6 Å². The number of hydrogen-bond donors (Lipinski definition) is 4. The van der Waals surface area contributed by atoms with Crippen LogP contribution in [0.4, 0.5) is 0 Å². The number of ether oxygens (including phenoxy) is 1. The number of aryl methyl sites for hydroxylation is 1. The van der Waals surface area contributed by atoms with E-state index >= 15 is 0 Å². The van der Waals surface area contributed by atoms with Gasteiger partial charge in [0, 0.05) is 109 Å². The summed E-state index contributed by atoms with van der Waals surface area (Å²) in [5.74, 6) is 0.733. The van der Waals surface area contributed by atoms with Crippen LogP contribution in [0.25, 0.3) is 44.5 Å². The second-order valence-corrected chi connectivity index (χ2v) is 13.7. The molecule has 2 amide bonds. The van der Waals surface area contributed by atoms with Crippen molar-refractivity contribution in [2.24, 2.45) is 7.05 Å². The third-order valence-corrected chi connectivity index (χ3v) is 10.3. The van der Waals surface area contributed by atoms with Crippen LogP contribution in [0.1, 0.15) is 36.8 Å². The van der Waals surface area contributed by atoms with Crippen LogP contribution in [-0.4, -0.2) is 58.6 Å². The predicted octanol–water partition coefficient (Wildman–Crippen LogP) is 6.02. The molecule has 2 saturated heterocycles. The van der Waals surface area contributed by atoms with Gasteiger partial charge in [-0.1, -0.05) is 65.7 Å². The SMILES string of the molecule is COc1nc(-c2cccc(-c3cccc(-c4cnc5c(CNCC6CCC(=O)N6)cn(C)c5c4)c3Cl)c2Cl)ccc1CNCC1CCC(=O)N1. The van der Waals surface area contributed by atoms with Gasteiger partial charge in [0.15, 0.2) is 0 Å². The molecule has 2 atom stereocenters. The molecule has 2 fully saturated rings. The van der Waals surface area contributed by atoms with E-state index in [9.17, 15) is 9.59 Å². The Kier molecular flexibility index (Phi) is 10.1. The van der Waals surface area contributed by atoms with E-state index in [1.165, 1.54) is 0 Å². The third-order valence-electron chi connectivity index (χ3n) is 9.49. The Morgan fingerprint density at radius 2 is 1.44 bits per heavy atom. The number of nitrogens with one attached hydrogen (secondary N) is 4. The van der Waals surface area contributed by atoms with E-state index in [-0.39, 0.29) is 23.9 Å². The number of fused-ring (bicyclic) bond motifs is 1. The van der Waals surface area contributed by atoms with E-state index in [0.717, 1.165) is 69.4 Å². The summed E-state index contributed by atoms with van der Waals surface area (Å²) in [7, 11) is 3.62. The van der Waals surface area contributed by atoms with Crippen LogP contribution >= 0.6 is 23.2 Å². The molecule has 0 saturated carbocycles. The lowest BCUT2D eigenvalue weighted by Crippen LogP contribution is -2.35. The summed E-state index contributed by atoms with van der Waals surface area (Å²) in [6.45, 7) is 2.62. The smallest absolute Gasteiger partial charge is 0.220 e. The Labute approximate surface area is 300 Å². The average molecular weight is 713 g/mol. The van der Waals surface area contributed by atoms with Crippen LogP contribution in [0.5, 0.6) is 5.88 Å². The molecule has 3 aromatic heterocycles. The second-order valence-electron chi connectivity index (χ2n) is 12.9. The number of aromatic nitrogens is 3. The van der Waals surface area contributed by atoms with Gasteiger partial charge in [0.2, 0.25) is 17.7 Å². The van der Waals surface area contributed by atoms with Crippen LogP contribution in [0.3, 0.4) is 0 Å². The summed E-state index contributed by atoms with van der Waals surface area (Å²) in [4.78, 5) is 32.7. The van der Waals surface area contributed by atoms with Crippen molar-refractivity contribution in [1.82, 2.24) is 35.8 Å². The Bertz CT molecular complexity index is 2080. The first-order valence-corrected chi connectivity index (χ1v) is 17.6. The summed E-state index contributed by atoms with van der Waals surface area (Å²) in [6.07, 6.45) is 6.82. The van der Waals surface area contributed by atoms with Gasteiger partial charge in [-0.3, -0.25) is 14.6 Å². The van der Waals surface area contributed by atoms with E-state index in [2.05, 4.69) is 38.1 Å². The zero-order valence-corrected chi connectivity index (χ0v) is 29.5. The zero-order valence-electron chi connectivity index (χ0n) is 28.0. The van der Waals surface area contributed by atoms with Gasteiger partial charge in [0.1, 0.15) is 0 Å². The maximum absolute atomic E-state index is 11.5. The summed E-state index contributed by atoms with van der Waals surface area (Å²) in [5, 5.41) is 14.0. The highest BCUT2D eigenvalue weighted by Gasteiger charge is 2.22. The van der Waals surface area contributed by atoms with Crippen LogP contribution < -0.4 is 26.0 Å². The first kappa shape index (κ1) is 34.0. The highest BCUT2D eigenvalue weighted by molar-refractivity contribution is 6.39. The highest BCUT2D eigenvalue weighted by atomic mass is 35.5. The van der Waals surface area contributed by atoms with E-state index in [1.54, 1.807) is 7.11 Å². The molecule has 2 unspecified atom stereocenters. The average Bonchev–Trinajstić information content (AvgIpc) is 3.83. The molecule has 2 aliphatic heterocycles. The number of amides is 2. The number of halogens is 2. The Morgan fingerprint density at radius 3 is 2.06 bits per heavy atom. The molecular weight excluding hydrogens is 673 g/mol. The lowest BCUT2D eigenvalue weighted by Gasteiger charge is -2.16. The van der Waals surface area contributed by atoms with Crippen LogP contribution in [0.2, 0.25) is 10.0 Å². The number of hydrogen-bond acceptors (Lipinski definition) is 7. The van der Waals surface area contributed by atoms with Crippen molar-refractivity contribution in [1.29, 1.82) is 0 Å². The lowest BCUT2D eigenvalue weighted by molar-refractivity contribution is -0.120. The van der Waals surface area contributed by atoms with Crippen LogP contribution in [0, 0.1) is 0 Å². The molecule has 10 nitrogen and oxygen atoms in total. The fourth-order valence-electron chi connectivity index (χ4n) is 6.86. The standard InChI is InChI=1S/C38H39Cl2N7O3/c1-47-21-24(17-42-20-26-11-14-34(49)45-26)37-32(47)15-23(18-43-37)27-5-3-6-28(35(27)39)29-7-4-8-30(36(29)40)31-12-9-22(38(46-31)50-2)16-41-19-25-10-13-33(48)44-25/h3-9,12,15,18,21,25-26,41-42H,10-11,13-14,16-17,19-20H2,1-2H3,(H,44,48)(H,45,49). The normalized spacial score (nSPS) is 17.4. The van der Waals surface area contributed by atoms with Gasteiger partial charge in [-0.2, -0.15) is 0 Å². The summed E-state index contributed by atoms with van der Waals surface area (Å²) in [5.41, 5.74) is 8.73. The number of carbonyl (C=O) groups is 2. The van der Waals surface area contributed by atoms with E-state index in [1.807, 2.05) is 61.8 Å². The minimum absolute atomic E-state index is 0.102. The number of benzene rings is 2. The van der Waals surface area contributed by atoms with Gasteiger partial charge in [0.25, 0.3) is 0 Å². The van der Waals surface area contributed by atoms with Crippen molar-refractivity contribution in [2.45, 2.75) is 50.9 Å². The monoisotopic (exact) mass is 711 g/mol. The van der Waals surface area contributed by atoms with Crippen molar-refractivity contribution in [2.75, 3.05) is 20.2 Å². The fourth-order valence-corrected chi connectivity index (χ4v) is 7.53. The topological polar surface area (TPSA) is 122 Å². The van der Waals surface area contributed by atoms with Crippen LogP contribution in [-0.2, 0) is 29.7 Å². The molecule has 0 spiro atoms. The highest BCUT2D eigenvalue weighted by Crippen LogP contribution is 2.42. The Balaban J connectivity index is 1.11. The number of methoxy groups -OCH3 is 1. The van der Waals surface area contributed by atoms with E-state index < -0.39 is 0 Å². The zero-order chi connectivity index (χ0) is 34.8. The van der Waals surface area contributed by atoms with Crippen molar-refractivity contribution in [3.8, 4) is 39.4 Å². The molecule has 7 rings (SSSR count). The number of pyridine rings is 2. The summed E-state index contributed by atoms with van der Waals surface area (Å²) in [6, 6.07) is 18.2. The molecule has 2 aliphatic rings. The van der Waals surface area contributed by atoms with Crippen molar-refractivity contribution in [3.63, 3.8) is 0 Å². The quantitative estimate of drug-likeness (QED) is 0.125. The lowest BCUT2D eigenvalue weighted by atomic mass is 9.97. The molecule has 4 N–H and O–H groups in total. The first-order chi connectivity index (χ1) is 24.3. The van der Waals surface area contributed by atoms with Gasteiger partial charge in [-0.25, -0.2) is 4.98 Å². The minimum Gasteiger partial charge on any atom is -0.481 e. The maximum atomic E-state index is 11.5. The summed E-state index contributed by atoms with van der Waals surface area (Å²) >= 11 is 14.3. The van der Waals surface area contributed by atoms with Gasteiger partial charge in [-0.05, 0) is 25.0 Å². The third kappa shape index (κ3) is 7.07. The molecular formula is C38H39Cl2N7O3. The maximum Gasteiger partial charge on any atom is 0.220 e. The molecule has 12 heteroatoms. The van der Waals surface area contributed by atoms with E-state index in [4.69, 9.17) is 37.9 Å². The van der Waals surface area contributed by atoms with Gasteiger partial charge >= 0.3 is 0 Å². The number of carbonyl (C=O) groups excluding carboxylic acids is 2. The Morgan fingerprint density at radius 1 is 0.840 bits per heavy atom. The van der Waals surface area contributed by atoms with Crippen molar-refractivity contribution >= 4 is 46.0 Å². The molecule has 0 aliphatic carbocycles. The predicted molar refractivity (Wildman–Crippen MR) is 197 cm³/mol. The van der Waals surface area contributed by atoms with Gasteiger partial charge in [0.05, 0.1) is 33.9 Å². The molecule has 5 heterocycles. The van der Waals surface area contributed by atoms with Gasteiger partial charge in [-0.15, -0.1) is 0 Å². The van der Waals surface area contributed by atoms with E-state index in [0.29, 0.717) is 54.1 Å². The molecule has 258 valence electrons. The summed E-state index contributed by atoms with van der Waals surface area (Å²) < 4.78 is 7.74. The second kappa shape index (κ2) is 14.8. The van der Waals surface area contributed by atoms with Crippen molar-refractivity contribution in [3.05, 3.63) is 88.2 Å². The molecule has 5 aromatic rings. The molecule has 0 radical (unpaired) electrons.